The molecule has 0 spiro atoms. The molecule has 0 aliphatic rings. The van der Waals surface area contributed by atoms with E-state index in [1.807, 2.05) is 0 Å². The third kappa shape index (κ3) is 5.11. The van der Waals surface area contributed by atoms with Gasteiger partial charge in [-0.15, -0.1) is 11.3 Å². The van der Waals surface area contributed by atoms with Gasteiger partial charge in [-0.3, -0.25) is 14.4 Å². The average molecular weight is 422 g/mol. The van der Waals surface area contributed by atoms with E-state index in [9.17, 15) is 27.6 Å². The van der Waals surface area contributed by atoms with Gasteiger partial charge in [-0.25, -0.2) is 0 Å². The van der Waals surface area contributed by atoms with E-state index in [0.29, 0.717) is 9.75 Å². The van der Waals surface area contributed by atoms with E-state index in [1.165, 1.54) is 12.3 Å². The van der Waals surface area contributed by atoms with Crippen LogP contribution in [0.1, 0.15) is 25.9 Å². The fourth-order valence-corrected chi connectivity index (χ4v) is 3.19. The van der Waals surface area contributed by atoms with E-state index >= 15 is 0 Å². The molecule has 2 aromatic heterocycles. The fourth-order valence-electron chi connectivity index (χ4n) is 2.30. The molecule has 3 aromatic rings. The zero-order valence-electron chi connectivity index (χ0n) is 14.6. The van der Waals surface area contributed by atoms with Crippen molar-refractivity contribution in [2.75, 3.05) is 5.32 Å². The SMILES string of the molecule is O=C(NCc1ccc(C(=O)c2ccco2)s1)C(=O)Nc1ccc(C(F)(F)F)cc1. The molecular weight excluding hydrogens is 409 g/mol. The van der Waals surface area contributed by atoms with Gasteiger partial charge < -0.3 is 15.1 Å². The number of halogens is 3. The lowest BCUT2D eigenvalue weighted by Gasteiger charge is -2.08. The molecule has 2 N–H and O–H groups in total. The highest BCUT2D eigenvalue weighted by Crippen LogP contribution is 2.29. The number of carbonyl (C=O) groups is 3. The Labute approximate surface area is 166 Å². The number of furan rings is 1. The Kier molecular flexibility index (Phi) is 5.83. The molecule has 0 bridgehead atoms. The summed E-state index contributed by atoms with van der Waals surface area (Å²) in [5, 5.41) is 4.60. The summed E-state index contributed by atoms with van der Waals surface area (Å²) in [6.45, 7) is 0.00929. The van der Waals surface area contributed by atoms with Crippen LogP contribution in [0.3, 0.4) is 0 Å². The van der Waals surface area contributed by atoms with Crippen LogP contribution in [0.4, 0.5) is 18.9 Å². The number of benzene rings is 1. The number of hydrogen-bond acceptors (Lipinski definition) is 5. The second-order valence-electron chi connectivity index (χ2n) is 5.78. The molecule has 0 radical (unpaired) electrons. The van der Waals surface area contributed by atoms with Crippen molar-refractivity contribution in [3.63, 3.8) is 0 Å². The van der Waals surface area contributed by atoms with Crippen LogP contribution < -0.4 is 10.6 Å². The van der Waals surface area contributed by atoms with Crippen molar-refractivity contribution in [2.45, 2.75) is 12.7 Å². The van der Waals surface area contributed by atoms with E-state index in [-0.39, 0.29) is 23.8 Å². The van der Waals surface area contributed by atoms with Gasteiger partial charge in [-0.1, -0.05) is 0 Å². The van der Waals surface area contributed by atoms with Crippen molar-refractivity contribution in [1.82, 2.24) is 5.32 Å². The third-order valence-corrected chi connectivity index (χ3v) is 4.81. The number of amides is 2. The van der Waals surface area contributed by atoms with Crippen molar-refractivity contribution in [1.29, 1.82) is 0 Å². The number of rotatable bonds is 5. The second kappa shape index (κ2) is 8.31. The molecule has 0 saturated heterocycles. The monoisotopic (exact) mass is 422 g/mol. The Balaban J connectivity index is 1.53. The Hall–Kier alpha value is -3.40. The first-order chi connectivity index (χ1) is 13.7. The lowest BCUT2D eigenvalue weighted by molar-refractivity contribution is -0.137. The molecule has 6 nitrogen and oxygen atoms in total. The highest BCUT2D eigenvalue weighted by atomic mass is 32.1. The van der Waals surface area contributed by atoms with Gasteiger partial charge in [-0.05, 0) is 48.5 Å². The van der Waals surface area contributed by atoms with Crippen LogP contribution in [0.5, 0.6) is 0 Å². The summed E-state index contributed by atoms with van der Waals surface area (Å²) in [6.07, 6.45) is -3.10. The standard InChI is InChI=1S/C19H13F3N2O4S/c20-19(21,22)11-3-5-12(6-4-11)24-18(27)17(26)23-10-13-7-8-15(29-13)16(25)14-2-1-9-28-14/h1-9H,10H2,(H,23,26)(H,24,27). The van der Waals surface area contributed by atoms with Gasteiger partial charge in [0.1, 0.15) is 0 Å². The third-order valence-electron chi connectivity index (χ3n) is 3.73. The maximum absolute atomic E-state index is 12.5. The zero-order chi connectivity index (χ0) is 21.0. The molecule has 3 rings (SSSR count). The van der Waals surface area contributed by atoms with Crippen LogP contribution in [0, 0.1) is 0 Å². The normalized spacial score (nSPS) is 11.1. The smallest absolute Gasteiger partial charge is 0.416 e. The number of thiophene rings is 1. The average Bonchev–Trinajstić information content (AvgIpc) is 3.37. The summed E-state index contributed by atoms with van der Waals surface area (Å²) in [5.41, 5.74) is -0.807. The minimum Gasteiger partial charge on any atom is -0.461 e. The van der Waals surface area contributed by atoms with Crippen LogP contribution in [0.25, 0.3) is 0 Å². The summed E-state index contributed by atoms with van der Waals surface area (Å²) < 4.78 is 42.6. The van der Waals surface area contributed by atoms with Gasteiger partial charge in [-0.2, -0.15) is 13.2 Å². The van der Waals surface area contributed by atoms with Gasteiger partial charge in [0.05, 0.1) is 23.2 Å². The number of carbonyl (C=O) groups excluding carboxylic acids is 3. The van der Waals surface area contributed by atoms with Crippen molar-refractivity contribution in [3.8, 4) is 0 Å². The van der Waals surface area contributed by atoms with Crippen LogP contribution in [-0.2, 0) is 22.3 Å². The topological polar surface area (TPSA) is 88.4 Å². The van der Waals surface area contributed by atoms with E-state index in [2.05, 4.69) is 10.6 Å². The summed E-state index contributed by atoms with van der Waals surface area (Å²) in [6, 6.07) is 10.1. The van der Waals surface area contributed by atoms with Gasteiger partial charge in [0.15, 0.2) is 5.76 Å². The molecule has 2 heterocycles. The van der Waals surface area contributed by atoms with Gasteiger partial charge in [0.25, 0.3) is 0 Å². The molecular formula is C19H13F3N2O4S. The Morgan fingerprint density at radius 1 is 0.966 bits per heavy atom. The van der Waals surface area contributed by atoms with Crippen LogP contribution in [0.2, 0.25) is 0 Å². The molecule has 0 atom stereocenters. The molecule has 10 heteroatoms. The molecule has 0 aliphatic carbocycles. The Bertz CT molecular complexity index is 1020. The van der Waals surface area contributed by atoms with Gasteiger partial charge in [0.2, 0.25) is 5.78 Å². The first kappa shape index (κ1) is 20.3. The van der Waals surface area contributed by atoms with E-state index < -0.39 is 23.6 Å². The van der Waals surface area contributed by atoms with Gasteiger partial charge >= 0.3 is 18.0 Å². The largest absolute Gasteiger partial charge is 0.461 e. The quantitative estimate of drug-likeness (QED) is 0.483. The van der Waals surface area contributed by atoms with E-state index in [4.69, 9.17) is 4.42 Å². The van der Waals surface area contributed by atoms with E-state index in [1.54, 1.807) is 18.2 Å². The van der Waals surface area contributed by atoms with Crippen molar-refractivity contribution < 1.29 is 32.0 Å². The number of anilines is 1. The number of nitrogens with one attached hydrogen (secondary N) is 2. The molecule has 0 fully saturated rings. The van der Waals surface area contributed by atoms with Crippen LogP contribution >= 0.6 is 11.3 Å². The van der Waals surface area contributed by atoms with Crippen molar-refractivity contribution in [2.24, 2.45) is 0 Å². The molecule has 1 aromatic carbocycles. The maximum Gasteiger partial charge on any atom is 0.416 e. The van der Waals surface area contributed by atoms with E-state index in [0.717, 1.165) is 35.6 Å². The minimum absolute atomic E-state index is 0.00929. The number of alkyl halides is 3. The summed E-state index contributed by atoms with van der Waals surface area (Å²) in [4.78, 5) is 37.0. The lowest BCUT2D eigenvalue weighted by atomic mass is 10.2. The highest BCUT2D eigenvalue weighted by molar-refractivity contribution is 7.14. The van der Waals surface area contributed by atoms with Crippen LogP contribution in [-0.4, -0.2) is 17.6 Å². The molecule has 150 valence electrons. The number of ketones is 1. The first-order valence-corrected chi connectivity index (χ1v) is 8.99. The summed E-state index contributed by atoms with van der Waals surface area (Å²) in [7, 11) is 0. The highest BCUT2D eigenvalue weighted by Gasteiger charge is 2.30. The fraction of sp³-hybridized carbons (Fsp3) is 0.105. The first-order valence-electron chi connectivity index (χ1n) is 8.17. The minimum atomic E-state index is -4.49. The lowest BCUT2D eigenvalue weighted by Crippen LogP contribution is -2.34. The van der Waals surface area contributed by atoms with Crippen LogP contribution in [0.15, 0.2) is 59.2 Å². The predicted octanol–water partition coefficient (Wildman–Crippen LogP) is 3.85. The molecule has 0 aliphatic heterocycles. The maximum atomic E-state index is 12.5. The molecule has 2 amide bonds. The zero-order valence-corrected chi connectivity index (χ0v) is 15.4. The number of hydrogen-bond donors (Lipinski definition) is 2. The molecule has 29 heavy (non-hydrogen) atoms. The van der Waals surface area contributed by atoms with Crippen molar-refractivity contribution in [3.05, 3.63) is 75.9 Å². The Morgan fingerprint density at radius 2 is 1.69 bits per heavy atom. The van der Waals surface area contributed by atoms with Crippen molar-refractivity contribution >= 4 is 34.6 Å². The summed E-state index contributed by atoms with van der Waals surface area (Å²) >= 11 is 1.14. The predicted molar refractivity (Wildman–Crippen MR) is 98.4 cm³/mol. The molecule has 0 saturated carbocycles. The molecule has 0 unspecified atom stereocenters. The van der Waals surface area contributed by atoms with Gasteiger partial charge in [0, 0.05) is 10.6 Å². The Morgan fingerprint density at radius 3 is 2.31 bits per heavy atom. The second-order valence-corrected chi connectivity index (χ2v) is 6.95. The summed E-state index contributed by atoms with van der Waals surface area (Å²) in [5.74, 6) is -2.08.